The molecule has 1 aromatic carbocycles. The lowest BCUT2D eigenvalue weighted by Crippen LogP contribution is -2.18. The molecule has 0 radical (unpaired) electrons. The Hall–Kier alpha value is -1.68. The van der Waals surface area contributed by atoms with Gasteiger partial charge in [-0.05, 0) is 51.7 Å². The molecular formula is C18H27NO3. The van der Waals surface area contributed by atoms with Gasteiger partial charge >= 0.3 is 5.97 Å². The number of benzene rings is 1. The van der Waals surface area contributed by atoms with E-state index in [-0.39, 0.29) is 5.56 Å². The van der Waals surface area contributed by atoms with Crippen LogP contribution in [-0.2, 0) is 0 Å². The van der Waals surface area contributed by atoms with E-state index >= 15 is 0 Å². The van der Waals surface area contributed by atoms with Gasteiger partial charge in [-0.15, -0.1) is 0 Å². The Morgan fingerprint density at radius 2 is 1.95 bits per heavy atom. The predicted molar refractivity (Wildman–Crippen MR) is 90.1 cm³/mol. The molecule has 0 saturated heterocycles. The first-order valence-electron chi connectivity index (χ1n) is 7.78. The van der Waals surface area contributed by atoms with Crippen molar-refractivity contribution in [3.05, 3.63) is 29.8 Å². The number of nitrogens with zero attached hydrogens (tertiary/aromatic N) is 1. The highest BCUT2D eigenvalue weighted by Crippen LogP contribution is 2.22. The third-order valence-corrected chi connectivity index (χ3v) is 3.58. The monoisotopic (exact) mass is 305 g/mol. The van der Waals surface area contributed by atoms with E-state index in [0.29, 0.717) is 11.6 Å². The van der Waals surface area contributed by atoms with Crippen LogP contribution in [0.5, 0.6) is 0 Å². The van der Waals surface area contributed by atoms with Gasteiger partial charge in [-0.3, -0.25) is 4.99 Å². The van der Waals surface area contributed by atoms with Crippen molar-refractivity contribution >= 4 is 17.4 Å². The molecule has 2 N–H and O–H groups in total. The first-order chi connectivity index (χ1) is 10.2. The molecule has 0 aromatic heterocycles. The molecule has 0 heterocycles. The van der Waals surface area contributed by atoms with E-state index in [1.165, 1.54) is 0 Å². The summed E-state index contributed by atoms with van der Waals surface area (Å²) in [6, 6.07) is 6.80. The van der Waals surface area contributed by atoms with E-state index in [4.69, 9.17) is 5.11 Å². The van der Waals surface area contributed by atoms with Crippen molar-refractivity contribution in [3.63, 3.8) is 0 Å². The fourth-order valence-corrected chi connectivity index (χ4v) is 2.49. The Kier molecular flexibility index (Phi) is 6.75. The number of carboxylic acid groups (broad SMARTS) is 1. The largest absolute Gasteiger partial charge is 0.478 e. The average Bonchev–Trinajstić information content (AvgIpc) is 2.37. The molecule has 1 rings (SSSR count). The molecule has 0 fully saturated rings. The predicted octanol–water partition coefficient (Wildman–Crippen LogP) is 4.44. The smallest absolute Gasteiger partial charge is 0.337 e. The minimum atomic E-state index is -0.953. The second-order valence-corrected chi connectivity index (χ2v) is 6.68. The standard InChI is InChI=1S/C18H27NO3/c1-13(8-7-11-18(3,4)22)12-14(2)19-16-10-6-5-9-15(16)17(20)21/h5-6,9-10,13,22H,7-8,11-12H2,1-4H3,(H,20,21). The zero-order valence-corrected chi connectivity index (χ0v) is 14.0. The van der Waals surface area contributed by atoms with Crippen molar-refractivity contribution in [1.29, 1.82) is 0 Å². The summed E-state index contributed by atoms with van der Waals surface area (Å²) < 4.78 is 0. The minimum Gasteiger partial charge on any atom is -0.478 e. The van der Waals surface area contributed by atoms with Gasteiger partial charge < -0.3 is 10.2 Å². The molecule has 4 nitrogen and oxygen atoms in total. The quantitative estimate of drug-likeness (QED) is 0.697. The van der Waals surface area contributed by atoms with Gasteiger partial charge in [-0.25, -0.2) is 4.79 Å². The van der Waals surface area contributed by atoms with Crippen molar-refractivity contribution in [2.24, 2.45) is 10.9 Å². The fourth-order valence-electron chi connectivity index (χ4n) is 2.49. The Morgan fingerprint density at radius 3 is 2.55 bits per heavy atom. The molecule has 1 atom stereocenters. The Bertz CT molecular complexity index is 529. The van der Waals surface area contributed by atoms with Gasteiger partial charge in [-0.2, -0.15) is 0 Å². The van der Waals surface area contributed by atoms with Crippen molar-refractivity contribution in [1.82, 2.24) is 0 Å². The summed E-state index contributed by atoms with van der Waals surface area (Å²) in [7, 11) is 0. The summed E-state index contributed by atoms with van der Waals surface area (Å²) >= 11 is 0. The van der Waals surface area contributed by atoms with Crippen LogP contribution in [0.2, 0.25) is 0 Å². The summed E-state index contributed by atoms with van der Waals surface area (Å²) in [5.74, 6) is -0.492. The van der Waals surface area contributed by atoms with Crippen molar-refractivity contribution in [2.75, 3.05) is 0 Å². The van der Waals surface area contributed by atoms with E-state index in [1.54, 1.807) is 24.3 Å². The van der Waals surface area contributed by atoms with Crippen LogP contribution < -0.4 is 0 Å². The maximum atomic E-state index is 11.2. The van der Waals surface area contributed by atoms with Crippen molar-refractivity contribution in [2.45, 2.75) is 59.0 Å². The molecule has 0 amide bonds. The second kappa shape index (κ2) is 8.08. The van der Waals surface area contributed by atoms with Crippen molar-refractivity contribution in [3.8, 4) is 0 Å². The van der Waals surface area contributed by atoms with Gasteiger partial charge in [0, 0.05) is 5.71 Å². The molecular weight excluding hydrogens is 278 g/mol. The summed E-state index contributed by atoms with van der Waals surface area (Å²) in [6.07, 6.45) is 3.62. The number of carboxylic acids is 1. The zero-order valence-electron chi connectivity index (χ0n) is 14.0. The maximum absolute atomic E-state index is 11.2. The first kappa shape index (κ1) is 18.4. The van der Waals surface area contributed by atoms with Crippen LogP contribution in [-0.4, -0.2) is 27.5 Å². The first-order valence-corrected chi connectivity index (χ1v) is 7.78. The van der Waals surface area contributed by atoms with Crippen LogP contribution in [0.25, 0.3) is 0 Å². The zero-order chi connectivity index (χ0) is 16.8. The molecule has 122 valence electrons. The van der Waals surface area contributed by atoms with Gasteiger partial charge in [-0.1, -0.05) is 31.9 Å². The van der Waals surface area contributed by atoms with E-state index < -0.39 is 11.6 Å². The molecule has 22 heavy (non-hydrogen) atoms. The molecule has 0 aliphatic rings. The molecule has 0 spiro atoms. The van der Waals surface area contributed by atoms with Crippen LogP contribution in [0.1, 0.15) is 63.7 Å². The van der Waals surface area contributed by atoms with Crippen LogP contribution in [0.4, 0.5) is 5.69 Å². The third-order valence-electron chi connectivity index (χ3n) is 3.58. The van der Waals surface area contributed by atoms with Gasteiger partial charge in [0.1, 0.15) is 0 Å². The topological polar surface area (TPSA) is 69.9 Å². The van der Waals surface area contributed by atoms with Gasteiger partial charge in [0.25, 0.3) is 0 Å². The average molecular weight is 305 g/mol. The lowest BCUT2D eigenvalue weighted by molar-refractivity contribution is 0.0669. The third kappa shape index (κ3) is 6.85. The Morgan fingerprint density at radius 1 is 1.32 bits per heavy atom. The lowest BCUT2D eigenvalue weighted by Gasteiger charge is -2.18. The second-order valence-electron chi connectivity index (χ2n) is 6.68. The number of hydrogen-bond acceptors (Lipinski definition) is 3. The number of aliphatic imine (C=N–C) groups is 1. The van der Waals surface area contributed by atoms with Crippen LogP contribution in [0, 0.1) is 5.92 Å². The van der Waals surface area contributed by atoms with Crippen LogP contribution in [0.15, 0.2) is 29.3 Å². The number of aromatic carboxylic acids is 1. The molecule has 1 aromatic rings. The minimum absolute atomic E-state index is 0.233. The van der Waals surface area contributed by atoms with Crippen molar-refractivity contribution < 1.29 is 15.0 Å². The maximum Gasteiger partial charge on any atom is 0.337 e. The van der Waals surface area contributed by atoms with E-state index in [1.807, 2.05) is 20.8 Å². The number of carbonyl (C=O) groups is 1. The number of aliphatic hydroxyl groups is 1. The highest BCUT2D eigenvalue weighted by molar-refractivity contribution is 5.95. The lowest BCUT2D eigenvalue weighted by atomic mass is 9.94. The van der Waals surface area contributed by atoms with Crippen LogP contribution >= 0.6 is 0 Å². The number of para-hydroxylation sites is 1. The molecule has 0 saturated carbocycles. The van der Waals surface area contributed by atoms with Crippen LogP contribution in [0.3, 0.4) is 0 Å². The SMILES string of the molecule is CC(CC(C)CCCC(C)(C)O)=Nc1ccccc1C(=O)O. The molecule has 4 heteroatoms. The van der Waals surface area contributed by atoms with Gasteiger partial charge in [0.05, 0.1) is 16.9 Å². The highest BCUT2D eigenvalue weighted by Gasteiger charge is 2.13. The van der Waals surface area contributed by atoms with Gasteiger partial charge in [0.15, 0.2) is 0 Å². The summed E-state index contributed by atoms with van der Waals surface area (Å²) in [4.78, 5) is 15.6. The summed E-state index contributed by atoms with van der Waals surface area (Å²) in [5, 5.41) is 18.9. The fraction of sp³-hybridized carbons (Fsp3) is 0.556. The number of hydrogen-bond donors (Lipinski definition) is 2. The summed E-state index contributed by atoms with van der Waals surface area (Å²) in [5.41, 5.74) is 1.07. The molecule has 0 bridgehead atoms. The van der Waals surface area contributed by atoms with E-state index in [0.717, 1.165) is 31.4 Å². The molecule has 0 aliphatic carbocycles. The normalized spacial score (nSPS) is 14.0. The van der Waals surface area contributed by atoms with E-state index in [9.17, 15) is 9.90 Å². The van der Waals surface area contributed by atoms with E-state index in [2.05, 4.69) is 11.9 Å². The number of rotatable bonds is 8. The Balaban J connectivity index is 2.61. The molecule has 0 aliphatic heterocycles. The van der Waals surface area contributed by atoms with Gasteiger partial charge in [0.2, 0.25) is 0 Å². The summed E-state index contributed by atoms with van der Waals surface area (Å²) in [6.45, 7) is 7.75. The molecule has 1 unspecified atom stereocenters. The Labute approximate surface area is 132 Å². The highest BCUT2D eigenvalue weighted by atomic mass is 16.4.